The molecule has 0 radical (unpaired) electrons. The second-order valence-electron chi connectivity index (χ2n) is 4.77. The van der Waals surface area contributed by atoms with Crippen molar-refractivity contribution in [2.45, 2.75) is 20.3 Å². The van der Waals surface area contributed by atoms with Crippen molar-refractivity contribution in [3.8, 4) is 0 Å². The van der Waals surface area contributed by atoms with Gasteiger partial charge in [-0.25, -0.2) is 0 Å². The first-order valence-corrected chi connectivity index (χ1v) is 5.54. The summed E-state index contributed by atoms with van der Waals surface area (Å²) in [4.78, 5) is 15.4. The van der Waals surface area contributed by atoms with Crippen LogP contribution in [0.4, 0.5) is 0 Å². The molecule has 15 heavy (non-hydrogen) atoms. The monoisotopic (exact) mass is 210 g/mol. The molecule has 0 aliphatic carbocycles. The van der Waals surface area contributed by atoms with Crippen LogP contribution in [0.3, 0.4) is 0 Å². The zero-order chi connectivity index (χ0) is 11.5. The zero-order valence-electron chi connectivity index (χ0n) is 10.1. The Hall–Kier alpha value is -0.830. The molecule has 0 bridgehead atoms. The molecular formula is C12H22N2O. The minimum absolute atomic E-state index is 0.237. The lowest BCUT2D eigenvalue weighted by molar-refractivity contribution is -0.128. The Labute approximate surface area is 92.7 Å². The van der Waals surface area contributed by atoms with Crippen molar-refractivity contribution in [1.82, 2.24) is 9.80 Å². The van der Waals surface area contributed by atoms with Gasteiger partial charge in [0.25, 0.3) is 0 Å². The first kappa shape index (κ1) is 12.2. The average molecular weight is 210 g/mol. The lowest BCUT2D eigenvalue weighted by atomic mass is 9.79. The minimum atomic E-state index is 0.237. The lowest BCUT2D eigenvalue weighted by Gasteiger charge is -2.46. The van der Waals surface area contributed by atoms with Crippen LogP contribution < -0.4 is 0 Å². The summed E-state index contributed by atoms with van der Waals surface area (Å²) in [5.41, 5.74) is 0.473. The third-order valence-corrected chi connectivity index (χ3v) is 3.09. The normalized spacial score (nSPS) is 23.0. The summed E-state index contributed by atoms with van der Waals surface area (Å²) < 4.78 is 0. The molecule has 2 saturated heterocycles. The van der Waals surface area contributed by atoms with E-state index in [1.54, 1.807) is 13.0 Å². The van der Waals surface area contributed by atoms with Gasteiger partial charge in [-0.15, -0.1) is 6.58 Å². The molecule has 1 amide bonds. The van der Waals surface area contributed by atoms with Crippen molar-refractivity contribution in [1.29, 1.82) is 0 Å². The van der Waals surface area contributed by atoms with Gasteiger partial charge in [-0.05, 0) is 20.4 Å². The van der Waals surface area contributed by atoms with Gasteiger partial charge in [-0.2, -0.15) is 0 Å². The molecule has 0 aromatic rings. The predicted octanol–water partition coefficient (Wildman–Crippen LogP) is 1.36. The first-order chi connectivity index (χ1) is 7.03. The van der Waals surface area contributed by atoms with E-state index in [1.165, 1.54) is 19.5 Å². The summed E-state index contributed by atoms with van der Waals surface area (Å²) in [7, 11) is 2.14. The van der Waals surface area contributed by atoms with Crippen molar-refractivity contribution in [2.24, 2.45) is 5.41 Å². The third kappa shape index (κ3) is 2.81. The minimum Gasteiger partial charge on any atom is -0.342 e. The topological polar surface area (TPSA) is 23.6 Å². The molecule has 2 rings (SSSR count). The van der Waals surface area contributed by atoms with Gasteiger partial charge in [0.2, 0.25) is 5.91 Å². The Morgan fingerprint density at radius 2 is 1.93 bits per heavy atom. The molecule has 0 saturated carbocycles. The molecule has 0 aromatic heterocycles. The number of hydrogen-bond donors (Lipinski definition) is 0. The highest BCUT2D eigenvalue weighted by Crippen LogP contribution is 2.38. The van der Waals surface area contributed by atoms with E-state index >= 15 is 0 Å². The number of likely N-dealkylation sites (tertiary alicyclic amines) is 2. The Morgan fingerprint density at radius 3 is 2.27 bits per heavy atom. The largest absolute Gasteiger partial charge is 0.342 e. The standard InChI is InChI=1S/C9H16N2O.C3H6/c1-8(12)11-4-3-9(7-11)5-10(2)6-9;1-3-2/h3-7H2,1-2H3;3H,1H2,2H3. The first-order valence-electron chi connectivity index (χ1n) is 5.54. The molecule has 2 aliphatic heterocycles. The van der Waals surface area contributed by atoms with Gasteiger partial charge in [-0.3, -0.25) is 4.79 Å². The summed E-state index contributed by atoms with van der Waals surface area (Å²) in [5.74, 6) is 0.237. The van der Waals surface area contributed by atoms with Gasteiger partial charge in [0, 0.05) is 38.5 Å². The Balaban J connectivity index is 0.000000337. The highest BCUT2D eigenvalue weighted by Gasteiger charge is 2.46. The van der Waals surface area contributed by atoms with Crippen LogP contribution >= 0.6 is 0 Å². The Bertz CT molecular complexity index is 244. The summed E-state index contributed by atoms with van der Waals surface area (Å²) in [5, 5.41) is 0. The lowest BCUT2D eigenvalue weighted by Crippen LogP contribution is -2.55. The summed E-state index contributed by atoms with van der Waals surface area (Å²) in [6.07, 6.45) is 2.96. The van der Waals surface area contributed by atoms with E-state index < -0.39 is 0 Å². The van der Waals surface area contributed by atoms with E-state index in [0.717, 1.165) is 13.1 Å². The van der Waals surface area contributed by atoms with Crippen molar-refractivity contribution in [3.05, 3.63) is 12.7 Å². The van der Waals surface area contributed by atoms with Crippen molar-refractivity contribution < 1.29 is 4.79 Å². The van der Waals surface area contributed by atoms with Crippen LogP contribution in [0.15, 0.2) is 12.7 Å². The maximum absolute atomic E-state index is 11.1. The fraction of sp³-hybridized carbons (Fsp3) is 0.750. The number of carbonyl (C=O) groups excluding carboxylic acids is 1. The molecule has 1 spiro atoms. The van der Waals surface area contributed by atoms with Crippen molar-refractivity contribution in [3.63, 3.8) is 0 Å². The van der Waals surface area contributed by atoms with Gasteiger partial charge in [0.15, 0.2) is 0 Å². The quantitative estimate of drug-likeness (QED) is 0.564. The number of carbonyl (C=O) groups is 1. The fourth-order valence-electron chi connectivity index (χ4n) is 2.56. The molecule has 0 aromatic carbocycles. The van der Waals surface area contributed by atoms with E-state index in [9.17, 15) is 4.79 Å². The molecule has 0 unspecified atom stereocenters. The molecule has 3 heteroatoms. The molecular weight excluding hydrogens is 188 g/mol. The molecule has 2 heterocycles. The number of allylic oxidation sites excluding steroid dienone is 1. The second-order valence-corrected chi connectivity index (χ2v) is 4.77. The molecule has 0 atom stereocenters. The van der Waals surface area contributed by atoms with E-state index in [0.29, 0.717) is 5.41 Å². The average Bonchev–Trinajstić information content (AvgIpc) is 2.50. The smallest absolute Gasteiger partial charge is 0.219 e. The van der Waals surface area contributed by atoms with E-state index in [4.69, 9.17) is 0 Å². The van der Waals surface area contributed by atoms with Crippen LogP contribution in [0.5, 0.6) is 0 Å². The SMILES string of the molecule is C=CC.CC(=O)N1CCC2(CN(C)C2)C1. The number of hydrogen-bond acceptors (Lipinski definition) is 2. The van der Waals surface area contributed by atoms with Crippen LogP contribution in [0.2, 0.25) is 0 Å². The van der Waals surface area contributed by atoms with E-state index in [1.807, 2.05) is 11.8 Å². The fourth-order valence-corrected chi connectivity index (χ4v) is 2.56. The van der Waals surface area contributed by atoms with E-state index in [2.05, 4.69) is 18.5 Å². The van der Waals surface area contributed by atoms with Gasteiger partial charge in [0.1, 0.15) is 0 Å². The van der Waals surface area contributed by atoms with Crippen LogP contribution in [0.1, 0.15) is 20.3 Å². The molecule has 86 valence electrons. The number of rotatable bonds is 0. The molecule has 2 fully saturated rings. The summed E-state index contributed by atoms with van der Waals surface area (Å²) in [6, 6.07) is 0. The van der Waals surface area contributed by atoms with Crippen molar-refractivity contribution in [2.75, 3.05) is 33.2 Å². The molecule has 0 N–H and O–H groups in total. The van der Waals surface area contributed by atoms with Gasteiger partial charge in [0.05, 0.1) is 0 Å². The third-order valence-electron chi connectivity index (χ3n) is 3.09. The second kappa shape index (κ2) is 4.79. The molecule has 3 nitrogen and oxygen atoms in total. The van der Waals surface area contributed by atoms with Crippen molar-refractivity contribution >= 4 is 5.91 Å². The summed E-state index contributed by atoms with van der Waals surface area (Å²) in [6.45, 7) is 11.2. The number of amides is 1. The Kier molecular flexibility index (Phi) is 3.91. The van der Waals surface area contributed by atoms with Gasteiger partial charge < -0.3 is 9.80 Å². The van der Waals surface area contributed by atoms with Gasteiger partial charge >= 0.3 is 0 Å². The highest BCUT2D eigenvalue weighted by atomic mass is 16.2. The maximum atomic E-state index is 11.1. The highest BCUT2D eigenvalue weighted by molar-refractivity contribution is 5.73. The van der Waals surface area contributed by atoms with Crippen LogP contribution in [-0.4, -0.2) is 48.9 Å². The van der Waals surface area contributed by atoms with Gasteiger partial charge in [-0.1, -0.05) is 6.08 Å². The zero-order valence-corrected chi connectivity index (χ0v) is 10.1. The molecule has 2 aliphatic rings. The van der Waals surface area contributed by atoms with Crippen LogP contribution in [0.25, 0.3) is 0 Å². The predicted molar refractivity (Wildman–Crippen MR) is 62.7 cm³/mol. The Morgan fingerprint density at radius 1 is 1.40 bits per heavy atom. The van der Waals surface area contributed by atoms with Crippen LogP contribution in [-0.2, 0) is 4.79 Å². The van der Waals surface area contributed by atoms with Crippen LogP contribution in [0, 0.1) is 5.41 Å². The maximum Gasteiger partial charge on any atom is 0.219 e. The van der Waals surface area contributed by atoms with E-state index in [-0.39, 0.29) is 5.91 Å². The summed E-state index contributed by atoms with van der Waals surface area (Å²) >= 11 is 0. The number of nitrogens with zero attached hydrogens (tertiary/aromatic N) is 2.